The number of hydrogen-bond donors (Lipinski definition) is 1. The van der Waals surface area contributed by atoms with Crippen LogP contribution in [0.25, 0.3) is 0 Å². The fraction of sp³-hybridized carbons (Fsp3) is 1.00. The Morgan fingerprint density at radius 1 is 1.55 bits per heavy atom. The number of rotatable bonds is 6. The summed E-state index contributed by atoms with van der Waals surface area (Å²) in [5.41, 5.74) is 5.48. The molecule has 0 saturated carbocycles. The molecule has 0 aromatic heterocycles. The zero-order valence-corrected chi connectivity index (χ0v) is 7.84. The lowest BCUT2D eigenvalue weighted by Gasteiger charge is -2.14. The van der Waals surface area contributed by atoms with E-state index in [4.69, 9.17) is 10.6 Å². The topological polar surface area (TPSA) is 38.5 Å². The predicted octanol–water partition coefficient (Wildman–Crippen LogP) is 0.855. The van der Waals surface area contributed by atoms with E-state index in [9.17, 15) is 0 Å². The molecule has 1 unspecified atom stereocenters. The molecule has 1 atom stereocenters. The zero-order valence-electron chi connectivity index (χ0n) is 7.84. The van der Waals surface area contributed by atoms with Crippen LogP contribution in [-0.4, -0.2) is 32.3 Å². The fourth-order valence-corrected chi connectivity index (χ4v) is 0.872. The molecule has 0 aliphatic carbocycles. The van der Waals surface area contributed by atoms with E-state index in [0.717, 1.165) is 19.5 Å². The summed E-state index contributed by atoms with van der Waals surface area (Å²) in [4.78, 5) is 4.97. The van der Waals surface area contributed by atoms with Gasteiger partial charge in [-0.3, -0.25) is 0 Å². The highest BCUT2D eigenvalue weighted by Crippen LogP contribution is 2.03. The number of nitrogens with two attached hydrogens (primary N) is 1. The van der Waals surface area contributed by atoms with Crippen molar-refractivity contribution in [3.05, 3.63) is 0 Å². The fourth-order valence-electron chi connectivity index (χ4n) is 0.872. The van der Waals surface area contributed by atoms with E-state index in [1.165, 1.54) is 6.42 Å². The average molecular weight is 160 g/mol. The van der Waals surface area contributed by atoms with Gasteiger partial charge in [-0.25, -0.2) is 0 Å². The van der Waals surface area contributed by atoms with Crippen molar-refractivity contribution in [2.45, 2.75) is 19.8 Å². The molecule has 3 nitrogen and oxygen atoms in total. The molecular formula is C8H20N2O. The first-order chi connectivity index (χ1) is 5.20. The minimum atomic E-state index is 0.639. The van der Waals surface area contributed by atoms with E-state index in [0.29, 0.717) is 5.92 Å². The minimum absolute atomic E-state index is 0.639. The summed E-state index contributed by atoms with van der Waals surface area (Å²) in [6, 6.07) is 0. The van der Waals surface area contributed by atoms with Gasteiger partial charge in [0.05, 0.1) is 7.11 Å². The summed E-state index contributed by atoms with van der Waals surface area (Å²) in [5, 5.41) is 1.84. The van der Waals surface area contributed by atoms with E-state index in [1.807, 2.05) is 12.1 Å². The lowest BCUT2D eigenvalue weighted by molar-refractivity contribution is -0.109. The van der Waals surface area contributed by atoms with Gasteiger partial charge in [-0.05, 0) is 25.3 Å². The third-order valence-corrected chi connectivity index (χ3v) is 1.88. The van der Waals surface area contributed by atoms with Crippen molar-refractivity contribution in [2.24, 2.45) is 11.7 Å². The summed E-state index contributed by atoms with van der Waals surface area (Å²) < 4.78 is 0. The Kier molecular flexibility index (Phi) is 6.51. The molecule has 0 spiro atoms. The van der Waals surface area contributed by atoms with Crippen molar-refractivity contribution >= 4 is 0 Å². The van der Waals surface area contributed by atoms with Gasteiger partial charge in [-0.15, -0.1) is 0 Å². The van der Waals surface area contributed by atoms with Crippen molar-refractivity contribution in [1.82, 2.24) is 5.06 Å². The maximum Gasteiger partial charge on any atom is 0.0575 e. The smallest absolute Gasteiger partial charge is 0.0575 e. The molecule has 0 amide bonds. The second-order valence-electron chi connectivity index (χ2n) is 3.02. The van der Waals surface area contributed by atoms with Crippen molar-refractivity contribution in [3.63, 3.8) is 0 Å². The molecule has 0 bridgehead atoms. The standard InChI is InChI=1S/C8H20N2O/c1-8(7-9)5-4-6-10(2)11-3/h8H,4-7,9H2,1-3H3. The molecule has 0 saturated heterocycles. The van der Waals surface area contributed by atoms with Crippen LogP contribution in [0, 0.1) is 5.92 Å². The van der Waals surface area contributed by atoms with Gasteiger partial charge in [-0.2, -0.15) is 5.06 Å². The van der Waals surface area contributed by atoms with E-state index < -0.39 is 0 Å². The largest absolute Gasteiger partial charge is 0.330 e. The molecule has 0 aromatic carbocycles. The summed E-state index contributed by atoms with van der Waals surface area (Å²) in [5.74, 6) is 0.639. The first kappa shape index (κ1) is 10.9. The SMILES string of the molecule is CON(C)CCCC(C)CN. The Morgan fingerprint density at radius 3 is 2.64 bits per heavy atom. The summed E-state index contributed by atoms with van der Waals surface area (Å²) in [6.45, 7) is 3.95. The van der Waals surface area contributed by atoms with Crippen molar-refractivity contribution in [2.75, 3.05) is 27.2 Å². The van der Waals surface area contributed by atoms with Crippen LogP contribution in [0.4, 0.5) is 0 Å². The second-order valence-corrected chi connectivity index (χ2v) is 3.02. The Labute approximate surface area is 69.5 Å². The van der Waals surface area contributed by atoms with Crippen LogP contribution in [0.15, 0.2) is 0 Å². The molecule has 3 heteroatoms. The Morgan fingerprint density at radius 2 is 2.18 bits per heavy atom. The molecule has 0 aliphatic heterocycles. The van der Waals surface area contributed by atoms with E-state index in [2.05, 4.69) is 6.92 Å². The van der Waals surface area contributed by atoms with Crippen molar-refractivity contribution < 1.29 is 4.84 Å². The summed E-state index contributed by atoms with van der Waals surface area (Å²) in [6.07, 6.45) is 2.34. The van der Waals surface area contributed by atoms with Gasteiger partial charge in [0.25, 0.3) is 0 Å². The monoisotopic (exact) mass is 160 g/mol. The Bertz CT molecular complexity index is 78.2. The van der Waals surface area contributed by atoms with Crippen LogP contribution in [-0.2, 0) is 4.84 Å². The first-order valence-electron chi connectivity index (χ1n) is 4.16. The van der Waals surface area contributed by atoms with E-state index in [1.54, 1.807) is 7.11 Å². The van der Waals surface area contributed by atoms with Crippen LogP contribution in [0.1, 0.15) is 19.8 Å². The first-order valence-corrected chi connectivity index (χ1v) is 4.16. The Balaban J connectivity index is 3.13. The second kappa shape index (κ2) is 6.58. The molecule has 11 heavy (non-hydrogen) atoms. The molecule has 68 valence electrons. The molecule has 0 aliphatic rings. The zero-order chi connectivity index (χ0) is 8.69. The minimum Gasteiger partial charge on any atom is -0.330 e. The highest BCUT2D eigenvalue weighted by molar-refractivity contribution is 4.53. The number of nitrogens with zero attached hydrogens (tertiary/aromatic N) is 1. The summed E-state index contributed by atoms with van der Waals surface area (Å²) >= 11 is 0. The Hall–Kier alpha value is -0.120. The number of hydrogen-bond acceptors (Lipinski definition) is 3. The van der Waals surface area contributed by atoms with Gasteiger partial charge in [-0.1, -0.05) is 6.92 Å². The molecular weight excluding hydrogens is 140 g/mol. The lowest BCUT2D eigenvalue weighted by Crippen LogP contribution is -2.19. The van der Waals surface area contributed by atoms with Gasteiger partial charge >= 0.3 is 0 Å². The predicted molar refractivity (Wildman–Crippen MR) is 47.1 cm³/mol. The highest BCUT2D eigenvalue weighted by Gasteiger charge is 2.00. The van der Waals surface area contributed by atoms with E-state index in [-0.39, 0.29) is 0 Å². The van der Waals surface area contributed by atoms with Crippen LogP contribution in [0.3, 0.4) is 0 Å². The van der Waals surface area contributed by atoms with Gasteiger partial charge < -0.3 is 10.6 Å². The maximum atomic E-state index is 5.48. The van der Waals surface area contributed by atoms with Crippen molar-refractivity contribution in [3.8, 4) is 0 Å². The van der Waals surface area contributed by atoms with Gasteiger partial charge in [0.2, 0.25) is 0 Å². The van der Waals surface area contributed by atoms with Crippen LogP contribution in [0.2, 0.25) is 0 Å². The molecule has 0 radical (unpaired) electrons. The maximum absolute atomic E-state index is 5.48. The number of hydroxylamine groups is 2. The molecule has 2 N–H and O–H groups in total. The third kappa shape index (κ3) is 6.28. The molecule has 0 rings (SSSR count). The van der Waals surface area contributed by atoms with Gasteiger partial charge in [0.1, 0.15) is 0 Å². The van der Waals surface area contributed by atoms with Crippen LogP contribution < -0.4 is 5.73 Å². The van der Waals surface area contributed by atoms with Gasteiger partial charge in [0, 0.05) is 13.6 Å². The quantitative estimate of drug-likeness (QED) is 0.586. The molecule has 0 fully saturated rings. The normalized spacial score (nSPS) is 13.9. The van der Waals surface area contributed by atoms with Crippen LogP contribution >= 0.6 is 0 Å². The van der Waals surface area contributed by atoms with Crippen LogP contribution in [0.5, 0.6) is 0 Å². The van der Waals surface area contributed by atoms with Crippen molar-refractivity contribution in [1.29, 1.82) is 0 Å². The van der Waals surface area contributed by atoms with E-state index >= 15 is 0 Å². The lowest BCUT2D eigenvalue weighted by atomic mass is 10.1. The summed E-state index contributed by atoms with van der Waals surface area (Å²) in [7, 11) is 3.62. The third-order valence-electron chi connectivity index (χ3n) is 1.88. The average Bonchev–Trinajstić information content (AvgIpc) is 2.04. The van der Waals surface area contributed by atoms with Gasteiger partial charge in [0.15, 0.2) is 0 Å². The highest BCUT2D eigenvalue weighted by atomic mass is 16.7. The molecule has 0 aromatic rings. The molecule has 0 heterocycles.